The van der Waals surface area contributed by atoms with Gasteiger partial charge in [-0.25, -0.2) is 0 Å². The topological polar surface area (TPSA) is 83.6 Å². The van der Waals surface area contributed by atoms with E-state index in [9.17, 15) is 14.7 Å². The van der Waals surface area contributed by atoms with E-state index in [4.69, 9.17) is 4.52 Å². The first kappa shape index (κ1) is 26.4. The molecule has 5 rings (SSSR count). The van der Waals surface area contributed by atoms with Crippen LogP contribution in [0.5, 0.6) is 0 Å². The Morgan fingerprint density at radius 2 is 1.54 bits per heavy atom. The number of hydrogen-bond acceptors (Lipinski definition) is 4. The first-order valence-corrected chi connectivity index (χ1v) is 13.5. The second kappa shape index (κ2) is 10.9. The summed E-state index contributed by atoms with van der Waals surface area (Å²) in [5, 5.41) is 13.7. The van der Waals surface area contributed by atoms with E-state index in [0.29, 0.717) is 31.4 Å². The third-order valence-corrected chi connectivity index (χ3v) is 8.08. The fraction of sp³-hybridized carbons (Fsp3) is 0.303. The van der Waals surface area contributed by atoms with Crippen LogP contribution in [0.15, 0.2) is 83.4 Å². The maximum atomic E-state index is 13.0. The Morgan fingerprint density at radius 1 is 0.949 bits per heavy atom. The SMILES string of the molecule is Cc1noc(-c2ccc(-c3ccc(C4(C(=O)O)CC4)cc3)cc2)c1CCC(=O)N(C)C(C)Cc1ccccc1. The van der Waals surface area contributed by atoms with E-state index in [2.05, 4.69) is 24.2 Å². The van der Waals surface area contributed by atoms with Crippen LogP contribution in [0.3, 0.4) is 0 Å². The molecular weight excluding hydrogens is 488 g/mol. The number of aryl methyl sites for hydroxylation is 1. The largest absolute Gasteiger partial charge is 0.481 e. The van der Waals surface area contributed by atoms with Gasteiger partial charge in [0.05, 0.1) is 11.1 Å². The van der Waals surface area contributed by atoms with Crippen molar-refractivity contribution >= 4 is 11.9 Å². The summed E-state index contributed by atoms with van der Waals surface area (Å²) in [6.07, 6.45) is 3.15. The summed E-state index contributed by atoms with van der Waals surface area (Å²) in [5.74, 6) is 0.0479. The molecule has 0 bridgehead atoms. The van der Waals surface area contributed by atoms with Crippen molar-refractivity contribution in [2.45, 2.75) is 57.4 Å². The summed E-state index contributed by atoms with van der Waals surface area (Å²) in [4.78, 5) is 26.4. The normalized spacial score (nSPS) is 14.5. The summed E-state index contributed by atoms with van der Waals surface area (Å²) in [6, 6.07) is 26.2. The number of carboxylic acids is 1. The summed E-state index contributed by atoms with van der Waals surface area (Å²) in [5.41, 5.74) is 6.11. The van der Waals surface area contributed by atoms with Crippen molar-refractivity contribution in [2.75, 3.05) is 7.05 Å². The zero-order valence-corrected chi connectivity index (χ0v) is 22.7. The van der Waals surface area contributed by atoms with Gasteiger partial charge in [-0.05, 0) is 61.8 Å². The number of likely N-dealkylation sites (N-methyl/N-ethyl adjacent to an activating group) is 1. The summed E-state index contributed by atoms with van der Waals surface area (Å²) < 4.78 is 5.70. The number of hydrogen-bond donors (Lipinski definition) is 1. The third-order valence-electron chi connectivity index (χ3n) is 8.08. The minimum absolute atomic E-state index is 0.0969. The molecule has 3 aromatic carbocycles. The minimum atomic E-state index is -0.743. The lowest BCUT2D eigenvalue weighted by Crippen LogP contribution is -2.36. The highest BCUT2D eigenvalue weighted by Crippen LogP contribution is 2.48. The van der Waals surface area contributed by atoms with Crippen molar-refractivity contribution in [3.05, 3.63) is 101 Å². The third kappa shape index (κ3) is 5.51. The molecule has 0 aliphatic heterocycles. The van der Waals surface area contributed by atoms with Crippen molar-refractivity contribution in [1.29, 1.82) is 0 Å². The van der Waals surface area contributed by atoms with Crippen LogP contribution in [0.25, 0.3) is 22.5 Å². The molecule has 0 saturated heterocycles. The van der Waals surface area contributed by atoms with Crippen LogP contribution in [-0.4, -0.2) is 40.1 Å². The van der Waals surface area contributed by atoms with E-state index >= 15 is 0 Å². The van der Waals surface area contributed by atoms with Crippen molar-refractivity contribution < 1.29 is 19.2 Å². The molecule has 1 atom stereocenters. The number of nitrogens with zero attached hydrogens (tertiary/aromatic N) is 2. The van der Waals surface area contributed by atoms with Crippen molar-refractivity contribution in [3.63, 3.8) is 0 Å². The number of carbonyl (C=O) groups is 2. The van der Waals surface area contributed by atoms with Gasteiger partial charge in [-0.1, -0.05) is 84.0 Å². The summed E-state index contributed by atoms with van der Waals surface area (Å²) in [7, 11) is 1.87. The van der Waals surface area contributed by atoms with Gasteiger partial charge in [0.1, 0.15) is 0 Å². The molecule has 6 heteroatoms. The Labute approximate surface area is 229 Å². The molecule has 1 unspecified atom stereocenters. The maximum absolute atomic E-state index is 13.0. The second-order valence-corrected chi connectivity index (χ2v) is 10.7. The van der Waals surface area contributed by atoms with Gasteiger partial charge in [-0.2, -0.15) is 0 Å². The average Bonchev–Trinajstić information content (AvgIpc) is 3.70. The zero-order valence-electron chi connectivity index (χ0n) is 22.7. The fourth-order valence-electron chi connectivity index (χ4n) is 5.20. The van der Waals surface area contributed by atoms with Crippen LogP contribution < -0.4 is 0 Å². The molecule has 6 nitrogen and oxygen atoms in total. The van der Waals surface area contributed by atoms with Gasteiger partial charge >= 0.3 is 5.97 Å². The predicted octanol–water partition coefficient (Wildman–Crippen LogP) is 6.46. The van der Waals surface area contributed by atoms with E-state index in [0.717, 1.165) is 39.9 Å². The molecule has 1 heterocycles. The molecule has 4 aromatic rings. The number of benzene rings is 3. The Kier molecular flexibility index (Phi) is 7.38. The molecule has 0 spiro atoms. The maximum Gasteiger partial charge on any atom is 0.314 e. The molecule has 1 amide bonds. The first-order chi connectivity index (χ1) is 18.8. The highest BCUT2D eigenvalue weighted by atomic mass is 16.5. The fourth-order valence-corrected chi connectivity index (χ4v) is 5.20. The van der Waals surface area contributed by atoms with E-state index in [-0.39, 0.29) is 11.9 Å². The van der Waals surface area contributed by atoms with Gasteiger partial charge < -0.3 is 14.5 Å². The number of aromatic nitrogens is 1. The summed E-state index contributed by atoms with van der Waals surface area (Å²) in [6.45, 7) is 3.99. The lowest BCUT2D eigenvalue weighted by atomic mass is 9.93. The quantitative estimate of drug-likeness (QED) is 0.259. The van der Waals surface area contributed by atoms with Crippen LogP contribution in [0.1, 0.15) is 48.6 Å². The minimum Gasteiger partial charge on any atom is -0.481 e. The van der Waals surface area contributed by atoms with Gasteiger partial charge in [-0.3, -0.25) is 9.59 Å². The monoisotopic (exact) mass is 522 g/mol. The molecule has 1 aliphatic carbocycles. The molecule has 1 saturated carbocycles. The molecule has 1 aliphatic rings. The van der Waals surface area contributed by atoms with Gasteiger partial charge in [0.15, 0.2) is 5.76 Å². The highest BCUT2D eigenvalue weighted by Gasteiger charge is 2.51. The number of rotatable bonds is 10. The van der Waals surface area contributed by atoms with E-state index < -0.39 is 11.4 Å². The van der Waals surface area contributed by atoms with E-state index in [1.54, 1.807) is 0 Å². The van der Waals surface area contributed by atoms with Gasteiger partial charge in [0.2, 0.25) is 5.91 Å². The van der Waals surface area contributed by atoms with Crippen LogP contribution in [0, 0.1) is 6.92 Å². The number of carboxylic acid groups (broad SMARTS) is 1. The van der Waals surface area contributed by atoms with Gasteiger partial charge in [0, 0.05) is 30.6 Å². The van der Waals surface area contributed by atoms with E-state index in [1.165, 1.54) is 5.56 Å². The molecule has 200 valence electrons. The highest BCUT2D eigenvalue weighted by molar-refractivity contribution is 5.85. The molecule has 0 radical (unpaired) electrons. The standard InChI is InChI=1S/C33H34N2O4/c1-22(21-24-7-5-4-6-8-24)35(3)30(36)18-17-29-23(2)34-39-31(29)27-11-9-25(10-12-27)26-13-15-28(16-14-26)33(19-20-33)32(37)38/h4-16,22H,17-21H2,1-3H3,(H,37,38). The van der Waals surface area contributed by atoms with Crippen molar-refractivity contribution in [2.24, 2.45) is 0 Å². The van der Waals surface area contributed by atoms with E-state index in [1.807, 2.05) is 85.6 Å². The molecule has 1 N–H and O–H groups in total. The number of aliphatic carboxylic acids is 1. The second-order valence-electron chi connectivity index (χ2n) is 10.7. The first-order valence-electron chi connectivity index (χ1n) is 13.5. The smallest absolute Gasteiger partial charge is 0.314 e. The van der Waals surface area contributed by atoms with Crippen LogP contribution in [-0.2, 0) is 27.8 Å². The lowest BCUT2D eigenvalue weighted by molar-refractivity contribution is -0.140. The Morgan fingerprint density at radius 3 is 2.13 bits per heavy atom. The molecule has 1 fully saturated rings. The Balaban J connectivity index is 1.24. The predicted molar refractivity (Wildman–Crippen MR) is 151 cm³/mol. The number of amides is 1. The molecule has 1 aromatic heterocycles. The Hall–Kier alpha value is -4.19. The Bertz CT molecular complexity index is 1450. The van der Waals surface area contributed by atoms with Crippen LogP contribution in [0.4, 0.5) is 0 Å². The zero-order chi connectivity index (χ0) is 27.6. The molecular formula is C33H34N2O4. The van der Waals surface area contributed by atoms with Crippen LogP contribution in [0.2, 0.25) is 0 Å². The van der Waals surface area contributed by atoms with Crippen molar-refractivity contribution in [1.82, 2.24) is 10.1 Å². The average molecular weight is 523 g/mol. The van der Waals surface area contributed by atoms with Gasteiger partial charge in [-0.15, -0.1) is 0 Å². The lowest BCUT2D eigenvalue weighted by Gasteiger charge is -2.25. The number of carbonyl (C=O) groups excluding carboxylic acids is 1. The van der Waals surface area contributed by atoms with Crippen LogP contribution >= 0.6 is 0 Å². The molecule has 39 heavy (non-hydrogen) atoms. The van der Waals surface area contributed by atoms with Gasteiger partial charge in [0.25, 0.3) is 0 Å². The summed E-state index contributed by atoms with van der Waals surface area (Å²) >= 11 is 0. The van der Waals surface area contributed by atoms with Crippen molar-refractivity contribution in [3.8, 4) is 22.5 Å².